The Kier molecular flexibility index (Phi) is 10.9. The van der Waals surface area contributed by atoms with E-state index < -0.39 is 27.3 Å². The van der Waals surface area contributed by atoms with Crippen LogP contribution < -0.4 is 9.64 Å². The van der Waals surface area contributed by atoms with E-state index in [9.17, 15) is 13.5 Å². The lowest BCUT2D eigenvalue weighted by molar-refractivity contribution is 0.0174. The van der Waals surface area contributed by atoms with Crippen LogP contribution in [0.4, 0.5) is 5.69 Å². The topological polar surface area (TPSA) is 70.1 Å². The van der Waals surface area contributed by atoms with Crippen molar-refractivity contribution in [2.45, 2.75) is 89.7 Å². The molecule has 1 N–H and O–H groups in total. The van der Waals surface area contributed by atoms with E-state index in [4.69, 9.17) is 4.74 Å². The van der Waals surface area contributed by atoms with Crippen LogP contribution in [0.1, 0.15) is 83.8 Å². The minimum atomic E-state index is -3.61. The Morgan fingerprint density at radius 2 is 1.85 bits per heavy atom. The maximum Gasteiger partial charge on any atom is 0.179 e. The second-order valence-corrected chi connectivity index (χ2v) is 13.4. The molecule has 4 atom stereocenters. The fourth-order valence-electron chi connectivity index (χ4n) is 6.03. The van der Waals surface area contributed by atoms with Gasteiger partial charge in [0.15, 0.2) is 9.84 Å². The van der Waals surface area contributed by atoms with Gasteiger partial charge in [-0.1, -0.05) is 52.7 Å². The van der Waals surface area contributed by atoms with Gasteiger partial charge in [0.25, 0.3) is 0 Å². The van der Waals surface area contributed by atoms with Crippen molar-refractivity contribution in [3.63, 3.8) is 0 Å². The highest BCUT2D eigenvalue weighted by molar-refractivity contribution is 7.91. The van der Waals surface area contributed by atoms with E-state index in [0.29, 0.717) is 35.9 Å². The zero-order valence-corrected chi connectivity index (χ0v) is 25.9. The number of likely N-dealkylation sites (N-methyl/N-ethyl adjacent to an activating group) is 1. The third kappa shape index (κ3) is 6.98. The number of aliphatic hydroxyl groups excluding tert-OH is 1. The summed E-state index contributed by atoms with van der Waals surface area (Å²) in [5.74, 6) is 0.221. The molecule has 3 rings (SSSR count). The lowest BCUT2D eigenvalue weighted by Gasteiger charge is -2.39. The van der Waals surface area contributed by atoms with Gasteiger partial charge in [-0.2, -0.15) is 0 Å². The Bertz CT molecular complexity index is 1180. The van der Waals surface area contributed by atoms with Gasteiger partial charge in [0.05, 0.1) is 16.8 Å². The standard InChI is InChI=1S/C32H50N2O4S/c1-8-12-18-32(10-3)23-39(36,37)29-17-16-26(33(6)7)22-28(29)30(31(32)35)25-14-13-15-27(21-25)38-20-19-34(11-4)24(5)9-2/h13-17,21-22,24,30-31,35H,8-12,18-20,23H2,1-7H3/t24?,30-,31-,32-/m1/s1. The number of aliphatic hydroxyl groups is 1. The number of nitrogens with zero attached hydrogens (tertiary/aromatic N) is 2. The van der Waals surface area contributed by atoms with E-state index in [0.717, 1.165) is 49.4 Å². The van der Waals surface area contributed by atoms with Gasteiger partial charge in [-0.15, -0.1) is 0 Å². The molecule has 1 unspecified atom stereocenters. The normalized spacial score (nSPS) is 23.2. The Balaban J connectivity index is 2.08. The number of anilines is 1. The number of fused-ring (bicyclic) bond motifs is 1. The molecule has 39 heavy (non-hydrogen) atoms. The highest BCUT2D eigenvalue weighted by Gasteiger charge is 2.49. The van der Waals surface area contributed by atoms with Gasteiger partial charge in [-0.25, -0.2) is 8.42 Å². The van der Waals surface area contributed by atoms with Gasteiger partial charge in [0.1, 0.15) is 12.4 Å². The molecule has 0 fully saturated rings. The van der Waals surface area contributed by atoms with E-state index in [2.05, 4.69) is 32.6 Å². The average molecular weight is 559 g/mol. The van der Waals surface area contributed by atoms with Gasteiger partial charge in [0.2, 0.25) is 0 Å². The van der Waals surface area contributed by atoms with Crippen LogP contribution in [0, 0.1) is 5.41 Å². The van der Waals surface area contributed by atoms with E-state index in [1.54, 1.807) is 6.07 Å². The van der Waals surface area contributed by atoms with Crippen molar-refractivity contribution in [2.75, 3.05) is 44.4 Å². The summed E-state index contributed by atoms with van der Waals surface area (Å²) in [4.78, 5) is 4.72. The van der Waals surface area contributed by atoms with Crippen molar-refractivity contribution < 1.29 is 18.3 Å². The SMILES string of the molecule is CCCC[C@]1(CC)CS(=O)(=O)c2ccc(N(C)C)cc2[C@@H](c2cccc(OCCN(CC)C(C)CC)c2)[C@H]1O. The van der Waals surface area contributed by atoms with E-state index in [-0.39, 0.29) is 5.75 Å². The number of unbranched alkanes of at least 4 members (excludes halogenated alkanes) is 1. The predicted octanol–water partition coefficient (Wildman–Crippen LogP) is 6.12. The van der Waals surface area contributed by atoms with Crippen LogP contribution in [0.3, 0.4) is 0 Å². The van der Waals surface area contributed by atoms with Gasteiger partial charge in [-0.3, -0.25) is 4.90 Å². The van der Waals surface area contributed by atoms with Gasteiger partial charge in [-0.05, 0) is 74.2 Å². The third-order valence-electron chi connectivity index (χ3n) is 8.82. The molecule has 0 amide bonds. The molecule has 0 saturated carbocycles. The fraction of sp³-hybridized carbons (Fsp3) is 0.625. The van der Waals surface area contributed by atoms with Crippen LogP contribution >= 0.6 is 0 Å². The zero-order chi connectivity index (χ0) is 28.8. The summed E-state index contributed by atoms with van der Waals surface area (Å²) in [7, 11) is 0.288. The molecule has 6 nitrogen and oxygen atoms in total. The van der Waals surface area contributed by atoms with Gasteiger partial charge in [0, 0.05) is 43.7 Å². The first kappa shape index (κ1) is 31.4. The predicted molar refractivity (Wildman–Crippen MR) is 162 cm³/mol. The summed E-state index contributed by atoms with van der Waals surface area (Å²) in [5.41, 5.74) is 1.74. The fourth-order valence-corrected chi connectivity index (χ4v) is 8.28. The average Bonchev–Trinajstić information content (AvgIpc) is 2.99. The number of benzene rings is 2. The molecule has 0 aromatic heterocycles. The molecule has 0 spiro atoms. The van der Waals surface area contributed by atoms with Crippen molar-refractivity contribution in [1.29, 1.82) is 0 Å². The molecule has 1 aliphatic heterocycles. The van der Waals surface area contributed by atoms with Crippen molar-refractivity contribution in [3.05, 3.63) is 53.6 Å². The highest BCUT2D eigenvalue weighted by atomic mass is 32.2. The first-order valence-corrected chi connectivity index (χ1v) is 16.4. The quantitative estimate of drug-likeness (QED) is 0.320. The van der Waals surface area contributed by atoms with Crippen molar-refractivity contribution in [2.24, 2.45) is 5.41 Å². The molecule has 1 heterocycles. The first-order chi connectivity index (χ1) is 18.5. The first-order valence-electron chi connectivity index (χ1n) is 14.7. The monoisotopic (exact) mass is 558 g/mol. The summed E-state index contributed by atoms with van der Waals surface area (Å²) < 4.78 is 33.9. The maximum absolute atomic E-state index is 13.9. The summed E-state index contributed by atoms with van der Waals surface area (Å²) in [5, 5.41) is 12.2. The number of hydrogen-bond donors (Lipinski definition) is 1. The summed E-state index contributed by atoms with van der Waals surface area (Å²) in [6.07, 6.45) is 3.34. The van der Waals surface area contributed by atoms with E-state index >= 15 is 0 Å². The summed E-state index contributed by atoms with van der Waals surface area (Å²) >= 11 is 0. The highest BCUT2D eigenvalue weighted by Crippen LogP contribution is 2.49. The second kappa shape index (κ2) is 13.5. The Labute approximate surface area is 237 Å². The van der Waals surface area contributed by atoms with Gasteiger partial charge < -0.3 is 14.7 Å². The van der Waals surface area contributed by atoms with Crippen LogP contribution in [-0.4, -0.2) is 70.1 Å². The van der Waals surface area contributed by atoms with Crippen LogP contribution in [-0.2, 0) is 9.84 Å². The molecule has 0 radical (unpaired) electrons. The number of sulfone groups is 1. The molecule has 0 aliphatic carbocycles. The zero-order valence-electron chi connectivity index (χ0n) is 25.1. The van der Waals surface area contributed by atoms with Gasteiger partial charge >= 0.3 is 0 Å². The number of ether oxygens (including phenoxy) is 1. The summed E-state index contributed by atoms with van der Waals surface area (Å²) in [6.45, 7) is 13.1. The lowest BCUT2D eigenvalue weighted by Crippen LogP contribution is -2.42. The van der Waals surface area contributed by atoms with Crippen LogP contribution in [0.15, 0.2) is 47.4 Å². The molecule has 1 aliphatic rings. The van der Waals surface area contributed by atoms with E-state index in [1.807, 2.05) is 62.3 Å². The molecular formula is C32H50N2O4S. The molecule has 7 heteroatoms. The molecule has 2 aromatic carbocycles. The Hall–Kier alpha value is -2.09. The van der Waals surface area contributed by atoms with Crippen LogP contribution in [0.25, 0.3) is 0 Å². The molecule has 0 saturated heterocycles. The van der Waals surface area contributed by atoms with E-state index in [1.165, 1.54) is 0 Å². The minimum Gasteiger partial charge on any atom is -0.492 e. The number of hydrogen-bond acceptors (Lipinski definition) is 6. The second-order valence-electron chi connectivity index (χ2n) is 11.4. The molecular weight excluding hydrogens is 508 g/mol. The number of rotatable bonds is 13. The van der Waals surface area contributed by atoms with Crippen LogP contribution in [0.2, 0.25) is 0 Å². The maximum atomic E-state index is 13.9. The Morgan fingerprint density at radius 3 is 2.46 bits per heavy atom. The molecule has 218 valence electrons. The molecule has 0 bridgehead atoms. The van der Waals surface area contributed by atoms with Crippen LogP contribution in [0.5, 0.6) is 5.75 Å². The van der Waals surface area contributed by atoms with Crippen molar-refractivity contribution >= 4 is 15.5 Å². The minimum absolute atomic E-state index is 0.0405. The Morgan fingerprint density at radius 1 is 1.10 bits per heavy atom. The van der Waals surface area contributed by atoms with Crippen molar-refractivity contribution in [1.82, 2.24) is 4.90 Å². The summed E-state index contributed by atoms with van der Waals surface area (Å²) in [6, 6.07) is 14.0. The molecule has 2 aromatic rings. The van der Waals surface area contributed by atoms with Crippen molar-refractivity contribution in [3.8, 4) is 5.75 Å². The third-order valence-corrected chi connectivity index (χ3v) is 10.8. The largest absolute Gasteiger partial charge is 0.492 e. The lowest BCUT2D eigenvalue weighted by atomic mass is 9.69. The smallest absolute Gasteiger partial charge is 0.179 e.